The largest absolute Gasteiger partial charge is 0.352 e. The molecule has 0 aliphatic heterocycles. The Hall–Kier alpha value is -1.32. The molecule has 4 nitrogen and oxygen atoms in total. The predicted molar refractivity (Wildman–Crippen MR) is 45.3 cm³/mol. The van der Waals surface area contributed by atoms with Crippen LogP contribution in [0.2, 0.25) is 0 Å². The smallest absolute Gasteiger partial charge is 0.220 e. The summed E-state index contributed by atoms with van der Waals surface area (Å²) in [5, 5.41) is 9.24. The molecule has 0 aromatic carbocycles. The van der Waals surface area contributed by atoms with Gasteiger partial charge in [-0.2, -0.15) is 5.10 Å². The van der Waals surface area contributed by atoms with Gasteiger partial charge in [-0.3, -0.25) is 9.89 Å². The molecule has 2 N–H and O–H groups in total. The molecule has 1 aromatic heterocycles. The second-order valence-electron chi connectivity index (χ2n) is 2.63. The molecule has 0 radical (unpaired) electrons. The predicted octanol–water partition coefficient (Wildman–Crippen LogP) is 0.826. The molecule has 0 fully saturated rings. The highest BCUT2D eigenvalue weighted by Gasteiger charge is 1.98. The van der Waals surface area contributed by atoms with Gasteiger partial charge >= 0.3 is 0 Å². The van der Waals surface area contributed by atoms with E-state index in [1.54, 1.807) is 12.4 Å². The molecule has 0 aliphatic rings. The highest BCUT2D eigenvalue weighted by molar-refractivity contribution is 5.75. The Balaban J connectivity index is 2.22. The van der Waals surface area contributed by atoms with Gasteiger partial charge in [0.05, 0.1) is 6.20 Å². The summed E-state index contributed by atoms with van der Waals surface area (Å²) in [4.78, 5) is 11.0. The van der Waals surface area contributed by atoms with Crippen LogP contribution in [0.1, 0.15) is 25.3 Å². The van der Waals surface area contributed by atoms with E-state index in [0.29, 0.717) is 13.0 Å². The first kappa shape index (κ1) is 8.77. The lowest BCUT2D eigenvalue weighted by Gasteiger charge is -2.00. The second kappa shape index (κ2) is 4.54. The maximum Gasteiger partial charge on any atom is 0.220 e. The Kier molecular flexibility index (Phi) is 3.32. The van der Waals surface area contributed by atoms with Crippen molar-refractivity contribution in [3.63, 3.8) is 0 Å². The Bertz CT molecular complexity index is 230. The van der Waals surface area contributed by atoms with Gasteiger partial charge in [0.1, 0.15) is 0 Å². The van der Waals surface area contributed by atoms with Crippen LogP contribution in [-0.4, -0.2) is 16.1 Å². The number of hydrogen-bond donors (Lipinski definition) is 2. The molecule has 0 bridgehead atoms. The van der Waals surface area contributed by atoms with E-state index in [1.165, 1.54) is 0 Å². The van der Waals surface area contributed by atoms with E-state index in [2.05, 4.69) is 15.5 Å². The zero-order valence-corrected chi connectivity index (χ0v) is 7.13. The molecule has 0 saturated carbocycles. The SMILES string of the molecule is CCCC(=O)NCc1cn[nH]c1. The van der Waals surface area contributed by atoms with E-state index in [0.717, 1.165) is 12.0 Å². The van der Waals surface area contributed by atoms with Gasteiger partial charge < -0.3 is 5.32 Å². The van der Waals surface area contributed by atoms with E-state index in [1.807, 2.05) is 6.92 Å². The zero-order chi connectivity index (χ0) is 8.81. The molecule has 66 valence electrons. The Morgan fingerprint density at radius 1 is 1.75 bits per heavy atom. The van der Waals surface area contributed by atoms with Gasteiger partial charge in [-0.1, -0.05) is 6.92 Å². The van der Waals surface area contributed by atoms with Gasteiger partial charge in [0, 0.05) is 24.7 Å². The van der Waals surface area contributed by atoms with Gasteiger partial charge in [0.25, 0.3) is 0 Å². The first-order valence-corrected chi connectivity index (χ1v) is 4.07. The van der Waals surface area contributed by atoms with Crippen molar-refractivity contribution < 1.29 is 4.79 Å². The molecule has 0 spiro atoms. The first-order chi connectivity index (χ1) is 5.83. The third-order valence-corrected chi connectivity index (χ3v) is 1.52. The van der Waals surface area contributed by atoms with Gasteiger partial charge in [-0.05, 0) is 6.42 Å². The van der Waals surface area contributed by atoms with Crippen LogP contribution in [-0.2, 0) is 11.3 Å². The van der Waals surface area contributed by atoms with E-state index in [-0.39, 0.29) is 5.91 Å². The number of rotatable bonds is 4. The monoisotopic (exact) mass is 167 g/mol. The molecule has 1 heterocycles. The molecule has 1 amide bonds. The van der Waals surface area contributed by atoms with Crippen molar-refractivity contribution in [2.24, 2.45) is 0 Å². The minimum atomic E-state index is 0.0960. The fourth-order valence-corrected chi connectivity index (χ4v) is 0.890. The van der Waals surface area contributed by atoms with Crippen LogP contribution in [0.4, 0.5) is 0 Å². The fraction of sp³-hybridized carbons (Fsp3) is 0.500. The van der Waals surface area contributed by atoms with Crippen molar-refractivity contribution in [2.75, 3.05) is 0 Å². The molecule has 0 saturated heterocycles. The number of H-pyrrole nitrogens is 1. The minimum Gasteiger partial charge on any atom is -0.352 e. The van der Waals surface area contributed by atoms with Crippen molar-refractivity contribution in [3.05, 3.63) is 18.0 Å². The zero-order valence-electron chi connectivity index (χ0n) is 7.13. The van der Waals surface area contributed by atoms with Gasteiger partial charge in [-0.15, -0.1) is 0 Å². The van der Waals surface area contributed by atoms with E-state index in [9.17, 15) is 4.79 Å². The van der Waals surface area contributed by atoms with Crippen molar-refractivity contribution >= 4 is 5.91 Å². The summed E-state index contributed by atoms with van der Waals surface area (Å²) in [5.74, 6) is 0.0960. The van der Waals surface area contributed by atoms with Crippen molar-refractivity contribution in [1.82, 2.24) is 15.5 Å². The molecule has 0 unspecified atom stereocenters. The Morgan fingerprint density at radius 3 is 3.17 bits per heavy atom. The third-order valence-electron chi connectivity index (χ3n) is 1.52. The van der Waals surface area contributed by atoms with Crippen LogP contribution in [0.15, 0.2) is 12.4 Å². The lowest BCUT2D eigenvalue weighted by molar-refractivity contribution is -0.121. The molecular formula is C8H13N3O. The normalized spacial score (nSPS) is 9.75. The number of carbonyl (C=O) groups excluding carboxylic acids is 1. The topological polar surface area (TPSA) is 57.8 Å². The summed E-state index contributed by atoms with van der Waals surface area (Å²) in [5.41, 5.74) is 0.999. The summed E-state index contributed by atoms with van der Waals surface area (Å²) < 4.78 is 0. The number of nitrogens with one attached hydrogen (secondary N) is 2. The standard InChI is InChI=1S/C8H13N3O/c1-2-3-8(12)9-4-7-5-10-11-6-7/h5-6H,2-4H2,1H3,(H,9,12)(H,10,11). The number of amides is 1. The lowest BCUT2D eigenvalue weighted by atomic mass is 10.3. The first-order valence-electron chi connectivity index (χ1n) is 4.07. The van der Waals surface area contributed by atoms with Crippen molar-refractivity contribution in [3.8, 4) is 0 Å². The second-order valence-corrected chi connectivity index (χ2v) is 2.63. The average molecular weight is 167 g/mol. The Labute approximate surface area is 71.4 Å². The van der Waals surface area contributed by atoms with Crippen LogP contribution in [0.5, 0.6) is 0 Å². The van der Waals surface area contributed by atoms with Crippen molar-refractivity contribution in [1.29, 1.82) is 0 Å². The number of aromatic amines is 1. The lowest BCUT2D eigenvalue weighted by Crippen LogP contribution is -2.21. The molecule has 1 aromatic rings. The maximum atomic E-state index is 11.0. The van der Waals surface area contributed by atoms with Gasteiger partial charge in [0.15, 0.2) is 0 Å². The molecular weight excluding hydrogens is 154 g/mol. The molecule has 1 rings (SSSR count). The van der Waals surface area contributed by atoms with Gasteiger partial charge in [-0.25, -0.2) is 0 Å². The summed E-state index contributed by atoms with van der Waals surface area (Å²) in [7, 11) is 0. The molecule has 0 atom stereocenters. The summed E-state index contributed by atoms with van der Waals surface area (Å²) in [6.07, 6.45) is 4.95. The highest BCUT2D eigenvalue weighted by atomic mass is 16.1. The Morgan fingerprint density at radius 2 is 2.58 bits per heavy atom. The van der Waals surface area contributed by atoms with E-state index >= 15 is 0 Å². The number of nitrogens with zero attached hydrogens (tertiary/aromatic N) is 1. The molecule has 12 heavy (non-hydrogen) atoms. The van der Waals surface area contributed by atoms with E-state index in [4.69, 9.17) is 0 Å². The van der Waals surface area contributed by atoms with Crippen molar-refractivity contribution in [2.45, 2.75) is 26.3 Å². The molecule has 0 aliphatic carbocycles. The highest BCUT2D eigenvalue weighted by Crippen LogP contribution is 1.93. The summed E-state index contributed by atoms with van der Waals surface area (Å²) in [6, 6.07) is 0. The van der Waals surface area contributed by atoms with Crippen LogP contribution in [0.3, 0.4) is 0 Å². The van der Waals surface area contributed by atoms with Crippen LogP contribution in [0.25, 0.3) is 0 Å². The number of carbonyl (C=O) groups is 1. The maximum absolute atomic E-state index is 11.0. The number of hydrogen-bond acceptors (Lipinski definition) is 2. The third kappa shape index (κ3) is 2.74. The molecule has 4 heteroatoms. The van der Waals surface area contributed by atoms with E-state index < -0.39 is 0 Å². The van der Waals surface area contributed by atoms with Crippen LogP contribution < -0.4 is 5.32 Å². The summed E-state index contributed by atoms with van der Waals surface area (Å²) >= 11 is 0. The quantitative estimate of drug-likeness (QED) is 0.697. The van der Waals surface area contributed by atoms with Crippen LogP contribution in [0, 0.1) is 0 Å². The number of aromatic nitrogens is 2. The van der Waals surface area contributed by atoms with Gasteiger partial charge in [0.2, 0.25) is 5.91 Å². The fourth-order valence-electron chi connectivity index (χ4n) is 0.890. The van der Waals surface area contributed by atoms with Crippen LogP contribution >= 0.6 is 0 Å². The minimum absolute atomic E-state index is 0.0960. The average Bonchev–Trinajstić information content (AvgIpc) is 2.53. The summed E-state index contributed by atoms with van der Waals surface area (Å²) in [6.45, 7) is 2.55.